The van der Waals surface area contributed by atoms with Crippen LogP contribution < -0.4 is 0 Å². The number of hydrogen-bond acceptors (Lipinski definition) is 3. The Kier molecular flexibility index (Phi) is 1.77. The van der Waals surface area contributed by atoms with Crippen molar-refractivity contribution in [3.63, 3.8) is 0 Å². The standard InChI is InChI=1S/C9H16O3Si/c1-6-4-5-7-9(12-7,8(6)10)13(2,3)11/h4-8,10-11H,1-3H3/t6-,7?,8-,9?/m0/s1. The summed E-state index contributed by atoms with van der Waals surface area (Å²) in [5, 5.41) is 9.35. The van der Waals surface area contributed by atoms with Crippen molar-refractivity contribution in [1.29, 1.82) is 0 Å². The summed E-state index contributed by atoms with van der Waals surface area (Å²) < 4.78 is 5.49. The molecule has 1 aliphatic heterocycles. The second kappa shape index (κ2) is 2.45. The summed E-state index contributed by atoms with van der Waals surface area (Å²) in [6.45, 7) is 5.59. The van der Waals surface area contributed by atoms with Crippen molar-refractivity contribution in [1.82, 2.24) is 0 Å². The summed E-state index contributed by atoms with van der Waals surface area (Å²) in [4.78, 5) is 10.1. The molecule has 1 fully saturated rings. The molecule has 3 nitrogen and oxygen atoms in total. The van der Waals surface area contributed by atoms with Crippen LogP contribution in [0.25, 0.3) is 0 Å². The summed E-state index contributed by atoms with van der Waals surface area (Å²) in [5.41, 5.74) is 0. The molecular weight excluding hydrogens is 184 g/mol. The van der Waals surface area contributed by atoms with E-state index in [-0.39, 0.29) is 12.0 Å². The van der Waals surface area contributed by atoms with E-state index < -0.39 is 19.6 Å². The number of aliphatic hydroxyl groups is 1. The zero-order valence-corrected chi connectivity index (χ0v) is 9.19. The van der Waals surface area contributed by atoms with Crippen LogP contribution in [0.15, 0.2) is 12.2 Å². The van der Waals surface area contributed by atoms with E-state index in [4.69, 9.17) is 4.74 Å². The van der Waals surface area contributed by atoms with Crippen molar-refractivity contribution in [2.75, 3.05) is 0 Å². The number of epoxide rings is 1. The lowest BCUT2D eigenvalue weighted by Gasteiger charge is -2.33. The van der Waals surface area contributed by atoms with Gasteiger partial charge in [0.25, 0.3) is 0 Å². The Labute approximate surface area is 79.2 Å². The van der Waals surface area contributed by atoms with Crippen molar-refractivity contribution in [2.24, 2.45) is 5.92 Å². The fourth-order valence-corrected chi connectivity index (χ4v) is 4.42. The smallest absolute Gasteiger partial charge is 0.221 e. The topological polar surface area (TPSA) is 53.0 Å². The maximum atomic E-state index is 10.1. The number of rotatable bonds is 1. The van der Waals surface area contributed by atoms with Crippen molar-refractivity contribution in [2.45, 2.75) is 37.5 Å². The third kappa shape index (κ3) is 1.06. The lowest BCUT2D eigenvalue weighted by atomic mass is 9.94. The third-order valence-corrected chi connectivity index (χ3v) is 5.78. The van der Waals surface area contributed by atoms with Gasteiger partial charge >= 0.3 is 0 Å². The first-order valence-corrected chi connectivity index (χ1v) is 7.61. The van der Waals surface area contributed by atoms with Gasteiger partial charge in [-0.3, -0.25) is 0 Å². The highest BCUT2D eigenvalue weighted by molar-refractivity contribution is 6.74. The van der Waals surface area contributed by atoms with Crippen molar-refractivity contribution < 1.29 is 14.6 Å². The molecule has 1 aliphatic carbocycles. The molecular formula is C9H16O3Si. The van der Waals surface area contributed by atoms with Gasteiger partial charge in [-0.2, -0.15) is 0 Å². The summed E-state index contributed by atoms with van der Waals surface area (Å²) in [7, 11) is -2.43. The summed E-state index contributed by atoms with van der Waals surface area (Å²) in [5.74, 6) is 0.0812. The SMILES string of the molecule is C[C@H]1C=CC2OC2([Si](C)(C)O)[C@H]1O. The molecule has 4 atom stereocenters. The van der Waals surface area contributed by atoms with Gasteiger partial charge in [-0.05, 0) is 13.1 Å². The lowest BCUT2D eigenvalue weighted by molar-refractivity contribution is 0.0733. The highest BCUT2D eigenvalue weighted by atomic mass is 28.4. The Morgan fingerprint density at radius 1 is 1.38 bits per heavy atom. The second-order valence-corrected chi connectivity index (χ2v) is 8.48. The van der Waals surface area contributed by atoms with Crippen LogP contribution in [0.1, 0.15) is 6.92 Å². The van der Waals surface area contributed by atoms with E-state index >= 15 is 0 Å². The minimum Gasteiger partial charge on any atom is -0.429 e. The van der Waals surface area contributed by atoms with Gasteiger partial charge < -0.3 is 14.6 Å². The first-order valence-electron chi connectivity index (χ1n) is 4.66. The molecule has 0 spiro atoms. The number of aliphatic hydroxyl groups excluding tert-OH is 1. The molecule has 2 N–H and O–H groups in total. The van der Waals surface area contributed by atoms with Crippen LogP contribution in [0.5, 0.6) is 0 Å². The molecule has 0 amide bonds. The normalized spacial score (nSPS) is 48.8. The molecule has 2 rings (SSSR count). The van der Waals surface area contributed by atoms with Gasteiger partial charge in [-0.1, -0.05) is 19.1 Å². The fourth-order valence-electron chi connectivity index (χ4n) is 2.22. The van der Waals surface area contributed by atoms with Crippen molar-refractivity contribution in [3.05, 3.63) is 12.2 Å². The molecule has 0 radical (unpaired) electrons. The molecule has 1 heterocycles. The van der Waals surface area contributed by atoms with Crippen molar-refractivity contribution >= 4 is 8.32 Å². The molecule has 0 aromatic heterocycles. The molecule has 4 heteroatoms. The van der Waals surface area contributed by atoms with Gasteiger partial charge in [0.1, 0.15) is 11.3 Å². The number of fused-ring (bicyclic) bond motifs is 1. The Morgan fingerprint density at radius 3 is 2.46 bits per heavy atom. The monoisotopic (exact) mass is 200 g/mol. The van der Waals surface area contributed by atoms with Crippen LogP contribution in [0.4, 0.5) is 0 Å². The molecule has 0 aromatic carbocycles. The molecule has 0 aromatic rings. The lowest BCUT2D eigenvalue weighted by Crippen LogP contribution is -2.57. The molecule has 74 valence electrons. The maximum Gasteiger partial charge on any atom is 0.221 e. The van der Waals surface area contributed by atoms with E-state index in [1.807, 2.05) is 32.2 Å². The predicted molar refractivity (Wildman–Crippen MR) is 51.6 cm³/mol. The summed E-state index contributed by atoms with van der Waals surface area (Å²) >= 11 is 0. The van der Waals surface area contributed by atoms with E-state index in [2.05, 4.69) is 0 Å². The zero-order chi connectivity index (χ0) is 9.85. The highest BCUT2D eigenvalue weighted by Crippen LogP contribution is 2.51. The second-order valence-electron chi connectivity index (χ2n) is 4.58. The Morgan fingerprint density at radius 2 is 2.00 bits per heavy atom. The van der Waals surface area contributed by atoms with Gasteiger partial charge in [-0.15, -0.1) is 0 Å². The average Bonchev–Trinajstić information content (AvgIpc) is 2.72. The van der Waals surface area contributed by atoms with E-state index in [0.29, 0.717) is 0 Å². The molecule has 0 bridgehead atoms. The highest BCUT2D eigenvalue weighted by Gasteiger charge is 2.71. The largest absolute Gasteiger partial charge is 0.429 e. The predicted octanol–water partition coefficient (Wildman–Crippen LogP) is 0.427. The Bertz CT molecular complexity index is 258. The average molecular weight is 200 g/mol. The van der Waals surface area contributed by atoms with Gasteiger partial charge in [-0.25, -0.2) is 0 Å². The first-order chi connectivity index (χ1) is 5.89. The maximum absolute atomic E-state index is 10.1. The van der Waals surface area contributed by atoms with Crippen LogP contribution in [-0.4, -0.2) is 35.7 Å². The third-order valence-electron chi connectivity index (χ3n) is 3.17. The van der Waals surface area contributed by atoms with E-state index in [1.165, 1.54) is 0 Å². The summed E-state index contributed by atoms with van der Waals surface area (Å²) in [6, 6.07) is 0. The minimum atomic E-state index is -2.43. The molecule has 2 aliphatic rings. The van der Waals surface area contributed by atoms with Gasteiger partial charge in [0.2, 0.25) is 8.32 Å². The number of ether oxygens (including phenoxy) is 1. The van der Waals surface area contributed by atoms with Crippen LogP contribution in [0.3, 0.4) is 0 Å². The minimum absolute atomic E-state index is 0.0506. The summed E-state index contributed by atoms with van der Waals surface area (Å²) in [6.07, 6.45) is 3.32. The zero-order valence-electron chi connectivity index (χ0n) is 8.19. The fraction of sp³-hybridized carbons (Fsp3) is 0.778. The van der Waals surface area contributed by atoms with Gasteiger partial charge in [0, 0.05) is 5.92 Å². The molecule has 0 saturated carbocycles. The molecule has 2 unspecified atom stereocenters. The van der Waals surface area contributed by atoms with E-state index in [0.717, 1.165) is 0 Å². The Hall–Kier alpha value is -0.163. The van der Waals surface area contributed by atoms with E-state index in [9.17, 15) is 9.90 Å². The van der Waals surface area contributed by atoms with Crippen LogP contribution >= 0.6 is 0 Å². The quantitative estimate of drug-likeness (QED) is 0.366. The van der Waals surface area contributed by atoms with Crippen LogP contribution in [-0.2, 0) is 4.74 Å². The molecule has 1 saturated heterocycles. The van der Waals surface area contributed by atoms with Gasteiger partial charge in [0.05, 0.1) is 6.10 Å². The molecule has 13 heavy (non-hydrogen) atoms. The van der Waals surface area contributed by atoms with Crippen molar-refractivity contribution in [3.8, 4) is 0 Å². The Balaban J connectivity index is 2.33. The first kappa shape index (κ1) is 9.39. The van der Waals surface area contributed by atoms with Crippen LogP contribution in [0, 0.1) is 5.92 Å². The van der Waals surface area contributed by atoms with E-state index in [1.54, 1.807) is 0 Å². The van der Waals surface area contributed by atoms with Crippen LogP contribution in [0.2, 0.25) is 13.1 Å². The van der Waals surface area contributed by atoms with Gasteiger partial charge in [0.15, 0.2) is 0 Å². The number of hydrogen-bond donors (Lipinski definition) is 2.